The van der Waals surface area contributed by atoms with E-state index >= 15 is 0 Å². The van der Waals surface area contributed by atoms with E-state index in [0.717, 1.165) is 22.9 Å². The van der Waals surface area contributed by atoms with Gasteiger partial charge in [0.15, 0.2) is 28.9 Å². The number of amidine groups is 1. The summed E-state index contributed by atoms with van der Waals surface area (Å²) >= 11 is 0. The highest BCUT2D eigenvalue weighted by Crippen LogP contribution is 2.42. The molecule has 0 fully saturated rings. The number of aliphatic imine (C=N–C) groups is 1. The van der Waals surface area contributed by atoms with Gasteiger partial charge in [0.1, 0.15) is 29.0 Å². The minimum absolute atomic E-state index is 0.0273. The third-order valence-electron chi connectivity index (χ3n) is 9.70. The van der Waals surface area contributed by atoms with E-state index in [1.54, 1.807) is 32.9 Å². The average molecular weight is 1020 g/mol. The number of fused-ring (bicyclic) bond motifs is 1. The molecule has 384 valence electrons. The van der Waals surface area contributed by atoms with E-state index in [4.69, 9.17) is 48.7 Å². The minimum Gasteiger partial charge on any atom is -0.465 e. The van der Waals surface area contributed by atoms with Crippen LogP contribution in [-0.4, -0.2) is 94.4 Å². The number of nitriles is 1. The Morgan fingerprint density at radius 2 is 1.57 bits per heavy atom. The maximum absolute atomic E-state index is 14.1. The van der Waals surface area contributed by atoms with Crippen LogP contribution >= 0.6 is 0 Å². The topological polar surface area (TPSA) is 312 Å². The van der Waals surface area contributed by atoms with Gasteiger partial charge >= 0.3 is 37.2 Å². The van der Waals surface area contributed by atoms with Crippen molar-refractivity contribution in [3.8, 4) is 23.5 Å². The summed E-state index contributed by atoms with van der Waals surface area (Å²) in [6.07, 6.45) is 0.797. The molecule has 28 heteroatoms. The van der Waals surface area contributed by atoms with Crippen molar-refractivity contribution >= 4 is 47.2 Å². The summed E-state index contributed by atoms with van der Waals surface area (Å²) in [4.78, 5) is 63.4. The number of esters is 3. The Labute approximate surface area is 405 Å². The fraction of sp³-hybridized carbons (Fsp3) is 0.341. The van der Waals surface area contributed by atoms with Gasteiger partial charge in [0, 0.05) is 23.3 Å². The van der Waals surface area contributed by atoms with Gasteiger partial charge in [0.25, 0.3) is 0 Å². The van der Waals surface area contributed by atoms with E-state index in [0.29, 0.717) is 0 Å². The van der Waals surface area contributed by atoms with Crippen LogP contribution in [0.25, 0.3) is 16.4 Å². The van der Waals surface area contributed by atoms with Gasteiger partial charge in [-0.1, -0.05) is 30.3 Å². The number of hydrogen-bond donors (Lipinski definition) is 5. The van der Waals surface area contributed by atoms with Crippen molar-refractivity contribution in [2.45, 2.75) is 72.4 Å². The number of halogens is 7. The van der Waals surface area contributed by atoms with Crippen LogP contribution in [0, 0.1) is 46.2 Å². The largest absolute Gasteiger partial charge is 0.465 e. The molecule has 21 nitrogen and oxygen atoms in total. The maximum atomic E-state index is 14.1. The molecule has 2 aromatic heterocycles. The summed E-state index contributed by atoms with van der Waals surface area (Å²) in [7, 11) is 0. The van der Waals surface area contributed by atoms with Crippen molar-refractivity contribution < 1.29 is 73.6 Å². The third-order valence-corrected chi connectivity index (χ3v) is 9.70. The minimum atomic E-state index is -3.20. The summed E-state index contributed by atoms with van der Waals surface area (Å²) in [5, 5.41) is 22.5. The van der Waals surface area contributed by atoms with Gasteiger partial charge < -0.3 is 46.2 Å². The van der Waals surface area contributed by atoms with Crippen molar-refractivity contribution in [1.29, 1.82) is 10.7 Å². The Bertz CT molecular complexity index is 2770. The molecule has 0 radical (unpaired) electrons. The molecule has 0 aliphatic carbocycles. The Morgan fingerprint density at radius 3 is 2.11 bits per heavy atom. The van der Waals surface area contributed by atoms with Crippen LogP contribution in [-0.2, 0) is 56.6 Å². The van der Waals surface area contributed by atoms with Crippen LogP contribution in [0.4, 0.5) is 42.4 Å². The SMILES string of the molecule is CCOC(=O)C1(C)C(=O)Nc2nc(-c3cc(OC(F)F)n(Cc4ccccc4F)n3)nc(N)c21.N=C(N)C(N)=CC(=NCc1cccc(F)c1F)OC(F)F.[C-]#[N+]C(C#N)C(C)(C(=O)OCC)C(=O)OCC. The number of aromatic nitrogens is 4. The molecular weight excluding hydrogens is 974 g/mol. The zero-order chi connectivity index (χ0) is 54.1. The van der Waals surface area contributed by atoms with Gasteiger partial charge in [-0.15, -0.1) is 0 Å². The number of nitrogens with two attached hydrogens (primary N) is 3. The van der Waals surface area contributed by atoms with Crippen molar-refractivity contribution in [3.63, 3.8) is 0 Å². The van der Waals surface area contributed by atoms with E-state index < -0.39 is 89.6 Å². The monoisotopic (exact) mass is 1020 g/mol. The molecule has 0 saturated carbocycles. The molecule has 1 aliphatic heterocycles. The molecule has 3 heterocycles. The molecule has 0 bridgehead atoms. The van der Waals surface area contributed by atoms with Crippen LogP contribution < -0.4 is 27.3 Å². The lowest BCUT2D eigenvalue weighted by Crippen LogP contribution is -2.46. The molecule has 4 aromatic rings. The normalized spacial score (nSPS) is 14.5. The van der Waals surface area contributed by atoms with Crippen LogP contribution in [0.15, 0.2) is 65.3 Å². The number of carbonyl (C=O) groups excluding carboxylic acids is 4. The Morgan fingerprint density at radius 1 is 0.972 bits per heavy atom. The van der Waals surface area contributed by atoms with Gasteiger partial charge in [-0.2, -0.15) is 27.9 Å². The molecule has 0 saturated heterocycles. The third kappa shape index (κ3) is 13.9. The molecule has 5 rings (SSSR count). The number of alkyl halides is 4. The second-order valence-corrected chi connectivity index (χ2v) is 14.5. The first-order valence-electron chi connectivity index (χ1n) is 20.7. The number of anilines is 2. The van der Waals surface area contributed by atoms with E-state index in [9.17, 15) is 49.9 Å². The van der Waals surface area contributed by atoms with E-state index in [1.165, 1.54) is 44.2 Å². The van der Waals surface area contributed by atoms with Gasteiger partial charge in [0.05, 0.1) is 44.2 Å². The van der Waals surface area contributed by atoms with Gasteiger partial charge in [0.2, 0.25) is 23.1 Å². The highest BCUT2D eigenvalue weighted by molar-refractivity contribution is 6.19. The fourth-order valence-electron chi connectivity index (χ4n) is 6.00. The number of hydrogen-bond acceptors (Lipinski definition) is 17. The lowest BCUT2D eigenvalue weighted by molar-refractivity contribution is -0.170. The van der Waals surface area contributed by atoms with Crippen molar-refractivity contribution in [1.82, 2.24) is 19.7 Å². The number of nitrogens with one attached hydrogen (secondary N) is 2. The fourth-order valence-corrected chi connectivity index (χ4v) is 6.00. The summed E-state index contributed by atoms with van der Waals surface area (Å²) in [5.41, 5.74) is 12.4. The standard InChI is InChI=1S/C21H19F3N6O4.C12H12F4N4O.C11H14N2O4/c1-3-33-19(32)21(2)14-15(25)26-16(27-17(14)28-18(21)31)12-8-13(34-20(23)24)30(29-12)9-10-6-4-5-7-11(10)22;13-7-3-1-2-6(10(7)14)5-20-9(21-12(15)16)4-8(17)11(18)19;1-5-16-9(14)11(3,8(7-12)13-4)10(15)17-6-2/h4-8,20H,3,9H2,1-2H3,(H3,25,26,27,28,31);1-4,12H,5,17H2,(H3,18,19);8H,5-6H2,1-3H3. The first kappa shape index (κ1) is 57.5. The first-order chi connectivity index (χ1) is 33.9. The van der Waals surface area contributed by atoms with E-state index in [2.05, 4.69) is 39.7 Å². The Hall–Kier alpha value is -8.82. The Balaban J connectivity index is 0.000000310. The van der Waals surface area contributed by atoms with Gasteiger partial charge in [-0.25, -0.2) is 39.4 Å². The summed E-state index contributed by atoms with van der Waals surface area (Å²) < 4.78 is 115. The van der Waals surface area contributed by atoms with Crippen LogP contribution in [0.1, 0.15) is 51.3 Å². The number of nitrogen functional groups attached to an aromatic ring is 1. The van der Waals surface area contributed by atoms with Crippen LogP contribution in [0.2, 0.25) is 0 Å². The number of benzene rings is 2. The first-order valence-corrected chi connectivity index (χ1v) is 20.7. The lowest BCUT2D eigenvalue weighted by atomic mass is 9.83. The van der Waals surface area contributed by atoms with Gasteiger partial charge in [-0.05, 0) is 46.8 Å². The molecule has 2 unspecified atom stereocenters. The summed E-state index contributed by atoms with van der Waals surface area (Å²) in [6, 6.07) is 10.5. The average Bonchev–Trinajstić information content (AvgIpc) is 3.84. The van der Waals surface area contributed by atoms with Crippen molar-refractivity contribution in [2.75, 3.05) is 30.9 Å². The smallest absolute Gasteiger partial charge is 0.388 e. The van der Waals surface area contributed by atoms with Crippen LogP contribution in [0.3, 0.4) is 0 Å². The Kier molecular flexibility index (Phi) is 20.5. The molecule has 1 amide bonds. The van der Waals surface area contributed by atoms with Gasteiger partial charge in [-0.3, -0.25) is 29.4 Å². The van der Waals surface area contributed by atoms with E-state index in [1.807, 2.05) is 0 Å². The molecule has 1 aliphatic rings. The summed E-state index contributed by atoms with van der Waals surface area (Å²) in [6.45, 7) is 7.25. The zero-order valence-corrected chi connectivity index (χ0v) is 38.6. The second-order valence-electron chi connectivity index (χ2n) is 14.5. The molecule has 2 atom stereocenters. The quantitative estimate of drug-likeness (QED) is 0.0171. The molecular formula is C44H45F7N12O9. The number of carbonyl (C=O) groups is 4. The predicted molar refractivity (Wildman–Crippen MR) is 239 cm³/mol. The molecule has 8 N–H and O–H groups in total. The number of amides is 1. The molecule has 0 spiro atoms. The molecule has 72 heavy (non-hydrogen) atoms. The predicted octanol–water partition coefficient (Wildman–Crippen LogP) is 5.30. The van der Waals surface area contributed by atoms with Crippen LogP contribution in [0.5, 0.6) is 5.88 Å². The number of nitrogens with zero attached hydrogens (tertiary/aromatic N) is 7. The van der Waals surface area contributed by atoms with Crippen molar-refractivity contribution in [3.05, 3.63) is 106 Å². The summed E-state index contributed by atoms with van der Waals surface area (Å²) in [5.74, 6) is -8.09. The second kappa shape index (κ2) is 25.7. The highest BCUT2D eigenvalue weighted by Gasteiger charge is 2.57. The maximum Gasteiger partial charge on any atom is 0.388 e. The lowest BCUT2D eigenvalue weighted by Gasteiger charge is -2.22. The van der Waals surface area contributed by atoms with E-state index in [-0.39, 0.29) is 77.8 Å². The zero-order valence-electron chi connectivity index (χ0n) is 38.6. The molecule has 2 aromatic carbocycles. The number of ether oxygens (including phenoxy) is 5. The highest BCUT2D eigenvalue weighted by atomic mass is 19.3. The van der Waals surface area contributed by atoms with Crippen molar-refractivity contribution in [2.24, 2.45) is 21.9 Å². The number of rotatable bonds is 17.